The van der Waals surface area contributed by atoms with Gasteiger partial charge < -0.3 is 10.0 Å². The third-order valence-corrected chi connectivity index (χ3v) is 4.34. The van der Waals surface area contributed by atoms with Gasteiger partial charge in [-0.2, -0.15) is 0 Å². The summed E-state index contributed by atoms with van der Waals surface area (Å²) >= 11 is 2.96. The topological polar surface area (TPSA) is 101 Å². The molecule has 1 aromatic carbocycles. The predicted molar refractivity (Wildman–Crippen MR) is 77.0 cm³/mol. The summed E-state index contributed by atoms with van der Waals surface area (Å²) in [7, 11) is 0. The van der Waals surface area contributed by atoms with Gasteiger partial charge in [0.05, 0.1) is 22.5 Å². The molecule has 0 bridgehead atoms. The Kier molecular flexibility index (Phi) is 4.74. The van der Waals surface area contributed by atoms with Crippen LogP contribution in [0.5, 0.6) is 0 Å². The van der Waals surface area contributed by atoms with Crippen molar-refractivity contribution in [1.82, 2.24) is 4.90 Å². The Bertz CT molecular complexity index is 652. The Hall–Kier alpha value is -2.03. The Morgan fingerprint density at radius 3 is 2.73 bits per heavy atom. The zero-order chi connectivity index (χ0) is 16.4. The molecule has 1 N–H and O–H groups in total. The van der Waals surface area contributed by atoms with Crippen LogP contribution in [0.4, 0.5) is 10.1 Å². The van der Waals surface area contributed by atoms with E-state index in [2.05, 4.69) is 15.9 Å². The lowest BCUT2D eigenvalue weighted by Gasteiger charge is -2.31. The number of nitro groups is 1. The molecule has 0 aliphatic carbocycles. The molecule has 0 saturated carbocycles. The summed E-state index contributed by atoms with van der Waals surface area (Å²) in [6.07, 6.45) is 0.974. The van der Waals surface area contributed by atoms with Crippen LogP contribution in [0.3, 0.4) is 0 Å². The quantitative estimate of drug-likeness (QED) is 0.646. The number of carbonyl (C=O) groups excluding carboxylic acids is 1. The van der Waals surface area contributed by atoms with E-state index in [1.165, 1.54) is 4.90 Å². The lowest BCUT2D eigenvalue weighted by atomic mass is 9.97. The molecule has 1 aromatic rings. The van der Waals surface area contributed by atoms with Gasteiger partial charge in [0, 0.05) is 13.1 Å². The molecule has 1 aliphatic rings. The second-order valence-corrected chi connectivity index (χ2v) is 5.77. The number of piperidine rings is 1. The van der Waals surface area contributed by atoms with Crippen LogP contribution >= 0.6 is 15.9 Å². The maximum absolute atomic E-state index is 13.5. The minimum Gasteiger partial charge on any atom is -0.481 e. The molecule has 1 amide bonds. The van der Waals surface area contributed by atoms with Gasteiger partial charge in [-0.1, -0.05) is 0 Å². The number of halogens is 2. The van der Waals surface area contributed by atoms with Gasteiger partial charge in [-0.3, -0.25) is 19.7 Å². The van der Waals surface area contributed by atoms with E-state index in [0.717, 1.165) is 12.1 Å². The van der Waals surface area contributed by atoms with Gasteiger partial charge in [0.25, 0.3) is 11.6 Å². The van der Waals surface area contributed by atoms with Gasteiger partial charge in [0.1, 0.15) is 10.3 Å². The molecule has 0 radical (unpaired) electrons. The van der Waals surface area contributed by atoms with Crippen molar-refractivity contribution in [3.63, 3.8) is 0 Å². The first-order valence-corrected chi connectivity index (χ1v) is 7.26. The molecule has 1 aliphatic heterocycles. The molecule has 2 rings (SSSR count). The fourth-order valence-corrected chi connectivity index (χ4v) is 2.94. The van der Waals surface area contributed by atoms with Crippen LogP contribution in [-0.4, -0.2) is 39.9 Å². The minimum absolute atomic E-state index is 0.00488. The number of carboxylic acid groups (broad SMARTS) is 1. The molecule has 7 nitrogen and oxygen atoms in total. The summed E-state index contributed by atoms with van der Waals surface area (Å²) in [5.41, 5.74) is -0.729. The van der Waals surface area contributed by atoms with Gasteiger partial charge in [-0.25, -0.2) is 4.39 Å². The number of hydrogen-bond acceptors (Lipinski definition) is 4. The van der Waals surface area contributed by atoms with Gasteiger partial charge in [0.15, 0.2) is 0 Å². The zero-order valence-electron chi connectivity index (χ0n) is 11.3. The molecule has 1 fully saturated rings. The average molecular weight is 375 g/mol. The monoisotopic (exact) mass is 374 g/mol. The van der Waals surface area contributed by atoms with Crippen LogP contribution in [0.2, 0.25) is 0 Å². The Balaban J connectivity index is 2.33. The van der Waals surface area contributed by atoms with Crippen molar-refractivity contribution in [3.05, 3.63) is 38.1 Å². The first-order chi connectivity index (χ1) is 10.3. The first kappa shape index (κ1) is 16.3. The normalized spacial score (nSPS) is 18.1. The number of benzene rings is 1. The Morgan fingerprint density at radius 2 is 2.14 bits per heavy atom. The summed E-state index contributed by atoms with van der Waals surface area (Å²) < 4.78 is 13.4. The van der Waals surface area contributed by atoms with Crippen molar-refractivity contribution >= 4 is 33.5 Å². The second-order valence-electron chi connectivity index (χ2n) is 4.97. The van der Waals surface area contributed by atoms with E-state index in [4.69, 9.17) is 5.11 Å². The molecule has 0 aromatic heterocycles. The van der Waals surface area contributed by atoms with Crippen LogP contribution in [-0.2, 0) is 4.79 Å². The molecule has 22 heavy (non-hydrogen) atoms. The minimum atomic E-state index is -0.998. The van der Waals surface area contributed by atoms with Crippen molar-refractivity contribution < 1.29 is 24.0 Å². The lowest BCUT2D eigenvalue weighted by Crippen LogP contribution is -2.42. The number of aliphatic carboxylic acids is 1. The van der Waals surface area contributed by atoms with Crippen molar-refractivity contribution in [2.75, 3.05) is 13.1 Å². The summed E-state index contributed by atoms with van der Waals surface area (Å²) in [5.74, 6) is -3.20. The average Bonchev–Trinajstić information content (AvgIpc) is 2.48. The number of hydrogen-bond donors (Lipinski definition) is 1. The van der Waals surface area contributed by atoms with E-state index in [1.807, 2.05) is 0 Å². The highest BCUT2D eigenvalue weighted by atomic mass is 79.9. The van der Waals surface area contributed by atoms with Crippen molar-refractivity contribution in [1.29, 1.82) is 0 Å². The van der Waals surface area contributed by atoms with E-state index in [0.29, 0.717) is 19.4 Å². The first-order valence-electron chi connectivity index (χ1n) is 6.46. The van der Waals surface area contributed by atoms with E-state index < -0.39 is 34.2 Å². The standard InChI is InChI=1S/C13H12BrFN2O5/c14-11-9(4-8(15)5-10(11)17(21)22)12(18)16-3-1-2-7(6-16)13(19)20/h4-5,7H,1-3,6H2,(H,19,20)/t7-/m0/s1. The molecule has 0 spiro atoms. The number of rotatable bonds is 3. The van der Waals surface area contributed by atoms with E-state index in [-0.39, 0.29) is 16.6 Å². The van der Waals surface area contributed by atoms with Crippen LogP contribution < -0.4 is 0 Å². The largest absolute Gasteiger partial charge is 0.481 e. The summed E-state index contributed by atoms with van der Waals surface area (Å²) in [4.78, 5) is 34.8. The smallest absolute Gasteiger partial charge is 0.308 e. The summed E-state index contributed by atoms with van der Waals surface area (Å²) in [6.45, 7) is 0.338. The second kappa shape index (κ2) is 6.39. The molecular formula is C13H12BrFN2O5. The molecule has 1 heterocycles. The van der Waals surface area contributed by atoms with Crippen LogP contribution in [0.15, 0.2) is 16.6 Å². The third kappa shape index (κ3) is 3.24. The molecule has 1 saturated heterocycles. The Labute approximate surface area is 133 Å². The maximum Gasteiger partial charge on any atom is 0.308 e. The van der Waals surface area contributed by atoms with Crippen LogP contribution in [0.1, 0.15) is 23.2 Å². The predicted octanol–water partition coefficient (Wildman–Crippen LogP) is 2.43. The van der Waals surface area contributed by atoms with Crippen molar-refractivity contribution in [2.24, 2.45) is 5.92 Å². The van der Waals surface area contributed by atoms with Crippen LogP contribution in [0.25, 0.3) is 0 Å². The summed E-state index contributed by atoms with van der Waals surface area (Å²) in [5, 5.41) is 19.9. The highest BCUT2D eigenvalue weighted by molar-refractivity contribution is 9.10. The van der Waals surface area contributed by atoms with Crippen molar-refractivity contribution in [3.8, 4) is 0 Å². The lowest BCUT2D eigenvalue weighted by molar-refractivity contribution is -0.385. The number of nitro benzene ring substituents is 1. The van der Waals surface area contributed by atoms with E-state index in [9.17, 15) is 24.1 Å². The van der Waals surface area contributed by atoms with Gasteiger partial charge >= 0.3 is 5.97 Å². The maximum atomic E-state index is 13.5. The van der Waals surface area contributed by atoms with Gasteiger partial charge in [-0.15, -0.1) is 0 Å². The number of nitrogens with zero attached hydrogens (tertiary/aromatic N) is 2. The molecule has 9 heteroatoms. The van der Waals surface area contributed by atoms with E-state index >= 15 is 0 Å². The molecule has 118 valence electrons. The number of amides is 1. The van der Waals surface area contributed by atoms with Gasteiger partial charge in [-0.05, 0) is 34.8 Å². The highest BCUT2D eigenvalue weighted by Crippen LogP contribution is 2.31. The number of likely N-dealkylation sites (tertiary alicyclic amines) is 1. The van der Waals surface area contributed by atoms with Crippen LogP contribution in [0, 0.1) is 21.8 Å². The fourth-order valence-electron chi connectivity index (χ4n) is 2.40. The summed E-state index contributed by atoms with van der Waals surface area (Å²) in [6, 6.07) is 1.63. The number of carbonyl (C=O) groups is 2. The van der Waals surface area contributed by atoms with Crippen molar-refractivity contribution in [2.45, 2.75) is 12.8 Å². The zero-order valence-corrected chi connectivity index (χ0v) is 12.9. The highest BCUT2D eigenvalue weighted by Gasteiger charge is 2.31. The SMILES string of the molecule is O=C(O)[C@H]1CCCN(C(=O)c2cc(F)cc([N+](=O)[O-])c2Br)C1. The fraction of sp³-hybridized carbons (Fsp3) is 0.385. The third-order valence-electron chi connectivity index (χ3n) is 3.50. The van der Waals surface area contributed by atoms with E-state index in [1.54, 1.807) is 0 Å². The molecule has 1 atom stereocenters. The number of carboxylic acids is 1. The van der Waals surface area contributed by atoms with Gasteiger partial charge in [0.2, 0.25) is 0 Å². The molecular weight excluding hydrogens is 363 g/mol. The molecule has 0 unspecified atom stereocenters. The Morgan fingerprint density at radius 1 is 1.45 bits per heavy atom.